The van der Waals surface area contributed by atoms with Crippen LogP contribution >= 0.6 is 0 Å². The number of hydrogen-bond donors (Lipinski definition) is 2. The summed E-state index contributed by atoms with van der Waals surface area (Å²) in [6, 6.07) is 5.32. The number of aryl methyl sites for hydroxylation is 1. The van der Waals surface area contributed by atoms with Gasteiger partial charge >= 0.3 is 0 Å². The van der Waals surface area contributed by atoms with Gasteiger partial charge in [0.15, 0.2) is 0 Å². The highest BCUT2D eigenvalue weighted by Gasteiger charge is 2.33. The molecule has 0 saturated carbocycles. The van der Waals surface area contributed by atoms with Crippen molar-refractivity contribution in [3.8, 4) is 0 Å². The summed E-state index contributed by atoms with van der Waals surface area (Å²) in [6.07, 6.45) is 0.206. The van der Waals surface area contributed by atoms with Crippen LogP contribution in [0.2, 0.25) is 0 Å². The van der Waals surface area contributed by atoms with Gasteiger partial charge in [-0.05, 0) is 25.1 Å². The molecule has 7 heteroatoms. The van der Waals surface area contributed by atoms with E-state index in [-0.39, 0.29) is 30.6 Å². The normalized spacial score (nSPS) is 18.2. The van der Waals surface area contributed by atoms with E-state index < -0.39 is 11.6 Å². The molecular formula is C15H16F2N4O. The molecule has 1 aromatic heterocycles. The fourth-order valence-corrected chi connectivity index (χ4v) is 2.62. The van der Waals surface area contributed by atoms with E-state index >= 15 is 0 Å². The number of amides is 1. The second kappa shape index (κ2) is 5.84. The Morgan fingerprint density at radius 1 is 1.41 bits per heavy atom. The fraction of sp³-hybridized carbons (Fsp3) is 0.333. The van der Waals surface area contributed by atoms with E-state index in [9.17, 15) is 13.6 Å². The van der Waals surface area contributed by atoms with Gasteiger partial charge in [-0.25, -0.2) is 8.78 Å². The van der Waals surface area contributed by atoms with E-state index in [1.165, 1.54) is 6.07 Å². The number of nitrogens with zero attached hydrogens (tertiary/aromatic N) is 2. The molecule has 1 amide bonds. The van der Waals surface area contributed by atoms with Gasteiger partial charge in [0, 0.05) is 31.2 Å². The van der Waals surface area contributed by atoms with Gasteiger partial charge in [-0.15, -0.1) is 0 Å². The first-order valence-corrected chi connectivity index (χ1v) is 7.03. The van der Waals surface area contributed by atoms with Gasteiger partial charge in [0.05, 0.1) is 5.69 Å². The predicted molar refractivity (Wildman–Crippen MR) is 77.3 cm³/mol. The third-order valence-corrected chi connectivity index (χ3v) is 3.66. The van der Waals surface area contributed by atoms with Crippen LogP contribution < -0.4 is 10.2 Å². The molecule has 1 atom stereocenters. The van der Waals surface area contributed by atoms with Crippen LogP contribution in [0.4, 0.5) is 14.5 Å². The van der Waals surface area contributed by atoms with Crippen molar-refractivity contribution in [1.82, 2.24) is 15.5 Å². The number of anilines is 1. The van der Waals surface area contributed by atoms with Gasteiger partial charge in [0.2, 0.25) is 5.91 Å². The van der Waals surface area contributed by atoms with E-state index in [2.05, 4.69) is 15.5 Å². The zero-order valence-electron chi connectivity index (χ0n) is 12.1. The zero-order valence-corrected chi connectivity index (χ0v) is 12.1. The lowest BCUT2D eigenvalue weighted by molar-refractivity contribution is -0.117. The standard InChI is InChI=1S/C15H16F2N4O/c1-9-5-10(20-19-9)7-18-11-6-14(22)21(8-11)15-12(16)3-2-4-13(15)17/h2-5,11,18H,6-8H2,1H3,(H,19,20). The first kappa shape index (κ1) is 14.6. The molecule has 116 valence electrons. The van der Waals surface area contributed by atoms with Gasteiger partial charge in [-0.1, -0.05) is 6.07 Å². The van der Waals surface area contributed by atoms with E-state index in [1.54, 1.807) is 0 Å². The van der Waals surface area contributed by atoms with Gasteiger partial charge in [0.25, 0.3) is 0 Å². The monoisotopic (exact) mass is 306 g/mol. The molecule has 3 rings (SSSR count). The van der Waals surface area contributed by atoms with Crippen LogP contribution in [0.15, 0.2) is 24.3 Å². The Morgan fingerprint density at radius 3 is 2.77 bits per heavy atom. The molecule has 1 fully saturated rings. The van der Waals surface area contributed by atoms with Crippen LogP contribution in [-0.4, -0.2) is 28.7 Å². The predicted octanol–water partition coefficient (Wildman–Crippen LogP) is 1.89. The summed E-state index contributed by atoms with van der Waals surface area (Å²) in [6.45, 7) is 2.63. The van der Waals surface area contributed by atoms with Crippen LogP contribution in [0.3, 0.4) is 0 Å². The number of aromatic amines is 1. The summed E-state index contributed by atoms with van der Waals surface area (Å²) in [5.74, 6) is -1.74. The molecule has 1 aromatic carbocycles. The van der Waals surface area contributed by atoms with E-state index in [0.717, 1.165) is 28.4 Å². The number of benzene rings is 1. The van der Waals surface area contributed by atoms with Gasteiger partial charge in [-0.2, -0.15) is 5.10 Å². The van der Waals surface area contributed by atoms with Crippen molar-refractivity contribution in [1.29, 1.82) is 0 Å². The average Bonchev–Trinajstić information content (AvgIpc) is 3.03. The fourth-order valence-electron chi connectivity index (χ4n) is 2.62. The van der Waals surface area contributed by atoms with E-state index in [1.807, 2.05) is 13.0 Å². The van der Waals surface area contributed by atoms with Crippen LogP contribution in [0, 0.1) is 18.6 Å². The van der Waals surface area contributed by atoms with Crippen LogP contribution in [-0.2, 0) is 11.3 Å². The molecule has 2 heterocycles. The SMILES string of the molecule is Cc1cc(CNC2CC(=O)N(c3c(F)cccc3F)C2)n[nH]1. The highest BCUT2D eigenvalue weighted by Crippen LogP contribution is 2.27. The molecular weight excluding hydrogens is 290 g/mol. The van der Waals surface area contributed by atoms with E-state index in [4.69, 9.17) is 0 Å². The molecule has 0 radical (unpaired) electrons. The van der Waals surface area contributed by atoms with Crippen molar-refractivity contribution in [2.75, 3.05) is 11.4 Å². The number of nitrogens with one attached hydrogen (secondary N) is 2. The van der Waals surface area contributed by atoms with Crippen molar-refractivity contribution in [3.05, 3.63) is 47.3 Å². The number of aromatic nitrogens is 2. The number of rotatable bonds is 4. The summed E-state index contributed by atoms with van der Waals surface area (Å²) in [4.78, 5) is 13.2. The van der Waals surface area contributed by atoms with Crippen molar-refractivity contribution in [2.24, 2.45) is 0 Å². The Kier molecular flexibility index (Phi) is 3.89. The quantitative estimate of drug-likeness (QED) is 0.907. The van der Waals surface area contributed by atoms with Crippen LogP contribution in [0.5, 0.6) is 0 Å². The molecule has 1 aliphatic rings. The number of halogens is 2. The minimum atomic E-state index is -0.725. The Morgan fingerprint density at radius 2 is 2.14 bits per heavy atom. The summed E-state index contributed by atoms with van der Waals surface area (Å²) in [5, 5.41) is 10.1. The molecule has 1 unspecified atom stereocenters. The first-order valence-electron chi connectivity index (χ1n) is 7.03. The minimum absolute atomic E-state index is 0.163. The number of carbonyl (C=O) groups excluding carboxylic acids is 1. The van der Waals surface area contributed by atoms with Gasteiger partial charge in [0.1, 0.15) is 17.3 Å². The van der Waals surface area contributed by atoms with Gasteiger partial charge in [-0.3, -0.25) is 9.89 Å². The largest absolute Gasteiger partial charge is 0.306 e. The smallest absolute Gasteiger partial charge is 0.228 e. The average molecular weight is 306 g/mol. The maximum atomic E-state index is 13.8. The van der Waals surface area contributed by atoms with Gasteiger partial charge < -0.3 is 10.2 Å². The number of H-pyrrole nitrogens is 1. The summed E-state index contributed by atoms with van der Waals surface area (Å²) < 4.78 is 27.6. The summed E-state index contributed by atoms with van der Waals surface area (Å²) in [5.41, 5.74) is 1.52. The van der Waals surface area contributed by atoms with Crippen molar-refractivity contribution in [3.63, 3.8) is 0 Å². The molecule has 0 bridgehead atoms. The maximum Gasteiger partial charge on any atom is 0.228 e. The Balaban J connectivity index is 1.68. The molecule has 2 N–H and O–H groups in total. The van der Waals surface area contributed by atoms with Crippen molar-refractivity contribution >= 4 is 11.6 Å². The lowest BCUT2D eigenvalue weighted by atomic mass is 10.2. The Hall–Kier alpha value is -2.28. The number of hydrogen-bond acceptors (Lipinski definition) is 3. The second-order valence-corrected chi connectivity index (χ2v) is 5.40. The van der Waals surface area contributed by atoms with Crippen LogP contribution in [0.25, 0.3) is 0 Å². The Bertz CT molecular complexity index is 680. The lowest BCUT2D eigenvalue weighted by Crippen LogP contribution is -2.33. The third kappa shape index (κ3) is 2.85. The maximum absolute atomic E-state index is 13.8. The molecule has 1 aliphatic heterocycles. The summed E-state index contributed by atoms with van der Waals surface area (Å²) >= 11 is 0. The molecule has 22 heavy (non-hydrogen) atoms. The zero-order chi connectivity index (χ0) is 15.7. The van der Waals surface area contributed by atoms with Crippen LogP contribution in [0.1, 0.15) is 17.8 Å². The first-order chi connectivity index (χ1) is 10.5. The molecule has 0 aliphatic carbocycles. The third-order valence-electron chi connectivity index (χ3n) is 3.66. The lowest BCUT2D eigenvalue weighted by Gasteiger charge is -2.18. The highest BCUT2D eigenvalue weighted by atomic mass is 19.1. The summed E-state index contributed by atoms with van der Waals surface area (Å²) in [7, 11) is 0. The molecule has 5 nitrogen and oxygen atoms in total. The van der Waals surface area contributed by atoms with Crippen molar-refractivity contribution < 1.29 is 13.6 Å². The Labute approximate surface area is 126 Å². The van der Waals surface area contributed by atoms with Crippen molar-refractivity contribution in [2.45, 2.75) is 25.9 Å². The molecule has 0 spiro atoms. The second-order valence-electron chi connectivity index (χ2n) is 5.40. The minimum Gasteiger partial charge on any atom is -0.306 e. The number of carbonyl (C=O) groups is 1. The molecule has 2 aromatic rings. The molecule has 1 saturated heterocycles. The number of para-hydroxylation sites is 1. The highest BCUT2D eigenvalue weighted by molar-refractivity contribution is 5.96. The topological polar surface area (TPSA) is 61.0 Å². The van der Waals surface area contributed by atoms with E-state index in [0.29, 0.717) is 6.54 Å².